The average molecular weight is 373 g/mol. The minimum atomic E-state index is -4.71. The number of benzene rings is 1. The zero-order valence-corrected chi connectivity index (χ0v) is 14.9. The molecule has 0 radical (unpaired) electrons. The second-order valence-electron chi connectivity index (χ2n) is 6.14. The monoisotopic (exact) mass is 373 g/mol. The van der Waals surface area contributed by atoms with Gasteiger partial charge in [-0.3, -0.25) is 4.99 Å². The van der Waals surface area contributed by atoms with E-state index in [9.17, 15) is 13.2 Å². The largest absolute Gasteiger partial charge is 0.573 e. The second kappa shape index (κ2) is 10.3. The molecule has 1 saturated carbocycles. The first-order chi connectivity index (χ1) is 12.5. The number of halogens is 3. The highest BCUT2D eigenvalue weighted by Gasteiger charge is 2.31. The summed E-state index contributed by atoms with van der Waals surface area (Å²) in [4.78, 5) is 4.07. The van der Waals surface area contributed by atoms with Crippen molar-refractivity contribution in [3.63, 3.8) is 0 Å². The van der Waals surface area contributed by atoms with Gasteiger partial charge in [0.15, 0.2) is 5.96 Å². The third kappa shape index (κ3) is 7.51. The number of rotatable bonds is 8. The smallest absolute Gasteiger partial charge is 0.405 e. The Labute approximate surface area is 152 Å². The number of hydrogen-bond acceptors (Lipinski definition) is 3. The van der Waals surface area contributed by atoms with Gasteiger partial charge in [0.05, 0.1) is 6.10 Å². The Hall–Kier alpha value is -1.96. The molecule has 0 heterocycles. The quantitative estimate of drug-likeness (QED) is 0.415. The molecule has 0 saturated heterocycles. The van der Waals surface area contributed by atoms with Crippen LogP contribution in [-0.4, -0.2) is 38.6 Å². The molecular formula is C18H26F3N3O2. The van der Waals surface area contributed by atoms with Crippen molar-refractivity contribution in [3.8, 4) is 5.75 Å². The molecule has 26 heavy (non-hydrogen) atoms. The van der Waals surface area contributed by atoms with Crippen molar-refractivity contribution in [3.05, 3.63) is 29.8 Å². The molecule has 0 atom stereocenters. The van der Waals surface area contributed by atoms with Gasteiger partial charge in [-0.25, -0.2) is 0 Å². The van der Waals surface area contributed by atoms with E-state index >= 15 is 0 Å². The summed E-state index contributed by atoms with van der Waals surface area (Å²) in [6, 6.07) is 6.04. The molecule has 0 amide bonds. The zero-order chi connectivity index (χ0) is 18.8. The van der Waals surface area contributed by atoms with Crippen LogP contribution >= 0.6 is 0 Å². The number of aliphatic imine (C=N–C) groups is 1. The van der Waals surface area contributed by atoms with Crippen LogP contribution in [0.4, 0.5) is 13.2 Å². The van der Waals surface area contributed by atoms with Crippen LogP contribution < -0.4 is 15.4 Å². The van der Waals surface area contributed by atoms with Crippen LogP contribution in [0.5, 0.6) is 5.75 Å². The number of para-hydroxylation sites is 1. The Balaban J connectivity index is 1.71. The SMILES string of the molecule is CN=C(NCCCOC1CCCC1)NCc1ccccc1OC(F)(F)F. The molecule has 0 aromatic heterocycles. The molecule has 2 N–H and O–H groups in total. The lowest BCUT2D eigenvalue weighted by atomic mass is 10.2. The van der Waals surface area contributed by atoms with Crippen molar-refractivity contribution in [1.29, 1.82) is 0 Å². The normalized spacial score (nSPS) is 15.9. The van der Waals surface area contributed by atoms with Crippen LogP contribution in [0.15, 0.2) is 29.3 Å². The maximum atomic E-state index is 12.4. The van der Waals surface area contributed by atoms with Gasteiger partial charge in [0.25, 0.3) is 0 Å². The fraction of sp³-hybridized carbons (Fsp3) is 0.611. The molecule has 0 unspecified atom stereocenters. The van der Waals surface area contributed by atoms with Crippen molar-refractivity contribution >= 4 is 5.96 Å². The minimum Gasteiger partial charge on any atom is -0.405 e. The molecule has 0 aliphatic heterocycles. The molecule has 2 rings (SSSR count). The van der Waals surface area contributed by atoms with Gasteiger partial charge in [0.1, 0.15) is 5.75 Å². The van der Waals surface area contributed by atoms with E-state index in [1.165, 1.54) is 25.0 Å². The third-order valence-electron chi connectivity index (χ3n) is 4.14. The van der Waals surface area contributed by atoms with Crippen molar-refractivity contribution in [2.45, 2.75) is 51.1 Å². The number of hydrogen-bond donors (Lipinski definition) is 2. The Morgan fingerprint density at radius 2 is 1.92 bits per heavy atom. The lowest BCUT2D eigenvalue weighted by molar-refractivity contribution is -0.274. The van der Waals surface area contributed by atoms with E-state index < -0.39 is 6.36 Å². The topological polar surface area (TPSA) is 54.9 Å². The highest BCUT2D eigenvalue weighted by atomic mass is 19.4. The third-order valence-corrected chi connectivity index (χ3v) is 4.14. The number of guanidine groups is 1. The first-order valence-electron chi connectivity index (χ1n) is 8.87. The Morgan fingerprint density at radius 3 is 2.62 bits per heavy atom. The molecule has 1 fully saturated rings. The average Bonchev–Trinajstić information content (AvgIpc) is 3.10. The first-order valence-corrected chi connectivity index (χ1v) is 8.87. The van der Waals surface area contributed by atoms with E-state index in [-0.39, 0.29) is 12.3 Å². The van der Waals surface area contributed by atoms with E-state index in [0.717, 1.165) is 19.3 Å². The van der Waals surface area contributed by atoms with Gasteiger partial charge in [0, 0.05) is 32.3 Å². The molecule has 0 spiro atoms. The lowest BCUT2D eigenvalue weighted by Crippen LogP contribution is -2.37. The summed E-state index contributed by atoms with van der Waals surface area (Å²) >= 11 is 0. The molecule has 1 aliphatic rings. The van der Waals surface area contributed by atoms with Gasteiger partial charge in [-0.05, 0) is 25.3 Å². The van der Waals surface area contributed by atoms with Crippen LogP contribution in [0.3, 0.4) is 0 Å². The molecule has 1 aromatic carbocycles. The van der Waals surface area contributed by atoms with Crippen molar-refractivity contribution in [2.24, 2.45) is 4.99 Å². The number of nitrogens with zero attached hydrogens (tertiary/aromatic N) is 1. The van der Waals surface area contributed by atoms with Crippen LogP contribution in [0, 0.1) is 0 Å². The Kier molecular flexibility index (Phi) is 8.03. The summed E-state index contributed by atoms with van der Waals surface area (Å²) in [5.41, 5.74) is 0.400. The van der Waals surface area contributed by atoms with Crippen molar-refractivity contribution in [1.82, 2.24) is 10.6 Å². The van der Waals surface area contributed by atoms with Crippen molar-refractivity contribution in [2.75, 3.05) is 20.2 Å². The zero-order valence-electron chi connectivity index (χ0n) is 14.9. The van der Waals surface area contributed by atoms with Crippen LogP contribution in [0.25, 0.3) is 0 Å². The Bertz CT molecular complexity index is 573. The fourth-order valence-electron chi connectivity index (χ4n) is 2.86. The van der Waals surface area contributed by atoms with Gasteiger partial charge in [-0.2, -0.15) is 0 Å². The molecule has 8 heteroatoms. The standard InChI is InChI=1S/C18H26F3N3O2/c1-22-17(23-11-6-12-25-15-8-3-4-9-15)24-13-14-7-2-5-10-16(14)26-18(19,20)21/h2,5,7,10,15H,3-4,6,8-9,11-13H2,1H3,(H2,22,23,24). The summed E-state index contributed by atoms with van der Waals surface area (Å²) in [6.07, 6.45) is 1.32. The van der Waals surface area contributed by atoms with E-state index in [1.54, 1.807) is 19.2 Å². The summed E-state index contributed by atoms with van der Waals surface area (Å²) in [5.74, 6) is 0.306. The molecular weight excluding hydrogens is 347 g/mol. The Morgan fingerprint density at radius 1 is 1.19 bits per heavy atom. The summed E-state index contributed by atoms with van der Waals surface area (Å²) < 4.78 is 47.2. The summed E-state index contributed by atoms with van der Waals surface area (Å²) in [5, 5.41) is 6.12. The van der Waals surface area contributed by atoms with Gasteiger partial charge < -0.3 is 20.1 Å². The minimum absolute atomic E-state index is 0.171. The molecule has 5 nitrogen and oxygen atoms in total. The summed E-state index contributed by atoms with van der Waals surface area (Å²) in [7, 11) is 1.61. The number of nitrogens with one attached hydrogen (secondary N) is 2. The first kappa shape index (κ1) is 20.4. The predicted octanol–water partition coefficient (Wildman–Crippen LogP) is 3.60. The maximum absolute atomic E-state index is 12.4. The highest BCUT2D eigenvalue weighted by molar-refractivity contribution is 5.79. The molecule has 1 aromatic rings. The molecule has 0 bridgehead atoms. The van der Waals surface area contributed by atoms with Gasteiger partial charge in [0.2, 0.25) is 0 Å². The van der Waals surface area contributed by atoms with Crippen LogP contribution in [0.1, 0.15) is 37.7 Å². The molecule has 146 valence electrons. The van der Waals surface area contributed by atoms with E-state index in [4.69, 9.17) is 4.74 Å². The second-order valence-corrected chi connectivity index (χ2v) is 6.14. The van der Waals surface area contributed by atoms with E-state index in [2.05, 4.69) is 20.4 Å². The number of alkyl halides is 3. The fourth-order valence-corrected chi connectivity index (χ4v) is 2.86. The number of ether oxygens (including phenoxy) is 2. The van der Waals surface area contributed by atoms with Gasteiger partial charge >= 0.3 is 6.36 Å². The van der Waals surface area contributed by atoms with Crippen molar-refractivity contribution < 1.29 is 22.6 Å². The summed E-state index contributed by atoms with van der Waals surface area (Å²) in [6.45, 7) is 1.54. The van der Waals surface area contributed by atoms with Gasteiger partial charge in [-0.15, -0.1) is 13.2 Å². The van der Waals surface area contributed by atoms with E-state index in [0.29, 0.717) is 30.8 Å². The van der Waals surface area contributed by atoms with E-state index in [1.807, 2.05) is 0 Å². The van der Waals surface area contributed by atoms with Crippen LogP contribution in [-0.2, 0) is 11.3 Å². The van der Waals surface area contributed by atoms with Gasteiger partial charge in [-0.1, -0.05) is 31.0 Å². The maximum Gasteiger partial charge on any atom is 0.573 e. The highest BCUT2D eigenvalue weighted by Crippen LogP contribution is 2.26. The molecule has 1 aliphatic carbocycles. The predicted molar refractivity (Wildman–Crippen MR) is 94.2 cm³/mol. The lowest BCUT2D eigenvalue weighted by Gasteiger charge is -2.16. The van der Waals surface area contributed by atoms with Crippen LogP contribution in [0.2, 0.25) is 0 Å².